The van der Waals surface area contributed by atoms with Crippen molar-refractivity contribution in [1.82, 2.24) is 20.1 Å². The van der Waals surface area contributed by atoms with Gasteiger partial charge in [0, 0.05) is 37.8 Å². The Kier molecular flexibility index (Phi) is 8.27. The van der Waals surface area contributed by atoms with E-state index in [4.69, 9.17) is 4.74 Å². The number of pyridine rings is 1. The second-order valence-corrected chi connectivity index (χ2v) is 8.68. The van der Waals surface area contributed by atoms with E-state index in [1.165, 1.54) is 0 Å². The molecule has 3 rings (SSSR count). The quantitative estimate of drug-likeness (QED) is 0.671. The first-order chi connectivity index (χ1) is 15.8. The molecule has 2 aromatic rings. The van der Waals surface area contributed by atoms with E-state index < -0.39 is 0 Å². The Balaban J connectivity index is 1.96. The summed E-state index contributed by atoms with van der Waals surface area (Å²) in [4.78, 5) is 33.7. The molecule has 8 nitrogen and oxygen atoms in total. The van der Waals surface area contributed by atoms with Crippen LogP contribution in [0, 0.1) is 5.92 Å². The first kappa shape index (κ1) is 24.5. The Morgan fingerprint density at radius 1 is 1.33 bits per heavy atom. The highest BCUT2D eigenvalue weighted by Crippen LogP contribution is 2.30. The van der Waals surface area contributed by atoms with Crippen LogP contribution in [0.5, 0.6) is 5.88 Å². The molecule has 178 valence electrons. The van der Waals surface area contributed by atoms with Crippen molar-refractivity contribution in [3.05, 3.63) is 48.2 Å². The van der Waals surface area contributed by atoms with Crippen molar-refractivity contribution in [2.45, 2.75) is 39.3 Å². The van der Waals surface area contributed by atoms with Crippen molar-refractivity contribution >= 4 is 11.9 Å². The van der Waals surface area contributed by atoms with E-state index in [0.717, 1.165) is 17.5 Å². The highest BCUT2D eigenvalue weighted by molar-refractivity contribution is 5.98. The van der Waals surface area contributed by atoms with Gasteiger partial charge in [-0.25, -0.2) is 9.78 Å². The first-order valence-corrected chi connectivity index (χ1v) is 11.5. The number of ether oxygens (including phenoxy) is 1. The fourth-order valence-corrected chi connectivity index (χ4v) is 3.83. The van der Waals surface area contributed by atoms with E-state index >= 15 is 0 Å². The van der Waals surface area contributed by atoms with E-state index in [-0.39, 0.29) is 42.5 Å². The molecule has 0 aliphatic carbocycles. The first-order valence-electron chi connectivity index (χ1n) is 11.5. The van der Waals surface area contributed by atoms with E-state index in [1.54, 1.807) is 29.1 Å². The number of hydrogen-bond acceptors (Lipinski definition) is 5. The summed E-state index contributed by atoms with van der Waals surface area (Å²) < 4.78 is 6.25. The van der Waals surface area contributed by atoms with Gasteiger partial charge in [-0.2, -0.15) is 0 Å². The van der Waals surface area contributed by atoms with Crippen molar-refractivity contribution in [2.75, 3.05) is 33.3 Å². The Morgan fingerprint density at radius 3 is 2.73 bits per heavy atom. The van der Waals surface area contributed by atoms with Crippen LogP contribution in [0.25, 0.3) is 11.1 Å². The second kappa shape index (κ2) is 11.1. The molecular formula is C25H34N4O4. The summed E-state index contributed by atoms with van der Waals surface area (Å²) in [5, 5.41) is 12.7. The highest BCUT2D eigenvalue weighted by atomic mass is 16.5. The summed E-state index contributed by atoms with van der Waals surface area (Å²) in [5.74, 6) is -0.0713. The van der Waals surface area contributed by atoms with Gasteiger partial charge in [0.05, 0.1) is 19.2 Å². The van der Waals surface area contributed by atoms with Gasteiger partial charge in [-0.05, 0) is 25.0 Å². The van der Waals surface area contributed by atoms with E-state index in [1.807, 2.05) is 51.1 Å². The molecule has 1 aliphatic rings. The third kappa shape index (κ3) is 5.82. The molecule has 3 amide bonds. The van der Waals surface area contributed by atoms with Crippen molar-refractivity contribution in [3.63, 3.8) is 0 Å². The van der Waals surface area contributed by atoms with Crippen molar-refractivity contribution in [1.29, 1.82) is 0 Å². The van der Waals surface area contributed by atoms with Gasteiger partial charge >= 0.3 is 6.03 Å². The van der Waals surface area contributed by atoms with Gasteiger partial charge in [0.2, 0.25) is 5.88 Å². The zero-order valence-corrected chi connectivity index (χ0v) is 19.8. The monoisotopic (exact) mass is 454 g/mol. The molecule has 0 bridgehead atoms. The smallest absolute Gasteiger partial charge is 0.317 e. The van der Waals surface area contributed by atoms with Crippen LogP contribution >= 0.6 is 0 Å². The van der Waals surface area contributed by atoms with Gasteiger partial charge < -0.3 is 25.0 Å². The topological polar surface area (TPSA) is 95.0 Å². The molecular weight excluding hydrogens is 420 g/mol. The normalized spacial score (nSPS) is 19.1. The fourth-order valence-electron chi connectivity index (χ4n) is 3.83. The highest BCUT2D eigenvalue weighted by Gasteiger charge is 2.34. The molecule has 3 atom stereocenters. The van der Waals surface area contributed by atoms with Gasteiger partial charge in [-0.3, -0.25) is 4.79 Å². The number of benzene rings is 1. The molecule has 1 aromatic carbocycles. The number of nitrogens with one attached hydrogen (secondary N) is 1. The van der Waals surface area contributed by atoms with Crippen LogP contribution in [0.4, 0.5) is 4.79 Å². The molecule has 0 saturated carbocycles. The predicted molar refractivity (Wildman–Crippen MR) is 127 cm³/mol. The van der Waals surface area contributed by atoms with Crippen molar-refractivity contribution in [3.8, 4) is 17.0 Å². The van der Waals surface area contributed by atoms with Crippen LogP contribution in [0.3, 0.4) is 0 Å². The minimum absolute atomic E-state index is 0.0897. The minimum atomic E-state index is -0.377. The van der Waals surface area contributed by atoms with E-state index in [0.29, 0.717) is 25.2 Å². The number of fused-ring (bicyclic) bond motifs is 1. The lowest BCUT2D eigenvalue weighted by Crippen LogP contribution is -2.51. The van der Waals surface area contributed by atoms with Gasteiger partial charge in [0.15, 0.2) is 0 Å². The summed E-state index contributed by atoms with van der Waals surface area (Å²) in [6.45, 7) is 6.99. The average molecular weight is 455 g/mol. The summed E-state index contributed by atoms with van der Waals surface area (Å²) in [6, 6.07) is 11.0. The summed E-state index contributed by atoms with van der Waals surface area (Å²) in [7, 11) is 1.73. The van der Waals surface area contributed by atoms with E-state index in [9.17, 15) is 14.7 Å². The lowest BCUT2D eigenvalue weighted by Gasteiger charge is -2.37. The summed E-state index contributed by atoms with van der Waals surface area (Å²) >= 11 is 0. The zero-order chi connectivity index (χ0) is 24.0. The van der Waals surface area contributed by atoms with E-state index in [2.05, 4.69) is 10.3 Å². The number of aromatic nitrogens is 1. The van der Waals surface area contributed by atoms with Crippen LogP contribution < -0.4 is 10.1 Å². The predicted octanol–water partition coefficient (Wildman–Crippen LogP) is 3.02. The molecule has 0 radical (unpaired) electrons. The average Bonchev–Trinajstić information content (AvgIpc) is 2.84. The Morgan fingerprint density at radius 2 is 2.06 bits per heavy atom. The molecule has 0 saturated heterocycles. The molecule has 1 aromatic heterocycles. The van der Waals surface area contributed by atoms with Crippen molar-refractivity contribution in [2.24, 2.45) is 5.92 Å². The Hall–Kier alpha value is -3.13. The Labute approximate surface area is 195 Å². The lowest BCUT2D eigenvalue weighted by atomic mass is 9.99. The number of carbonyl (C=O) groups is 2. The van der Waals surface area contributed by atoms with Gasteiger partial charge in [0.1, 0.15) is 11.7 Å². The standard InChI is InChI=1S/C25H34N4O4/c1-5-11-26-25(32)28(4)15-22-17(2)14-29(18(3)16-30)24(31)21-12-20(13-27-23(21)33-22)19-9-7-6-8-10-19/h6-10,12-13,17-18,22,30H,5,11,14-16H2,1-4H3,(H,26,32)/t17-,18-,22+/m1/s1. The molecule has 8 heteroatoms. The molecule has 33 heavy (non-hydrogen) atoms. The number of nitrogens with zero attached hydrogens (tertiary/aromatic N) is 3. The van der Waals surface area contributed by atoms with Crippen LogP contribution in [-0.2, 0) is 0 Å². The van der Waals surface area contributed by atoms with Gasteiger partial charge in [0.25, 0.3) is 5.91 Å². The third-order valence-electron chi connectivity index (χ3n) is 5.95. The number of aliphatic hydroxyl groups excluding tert-OH is 1. The number of likely N-dealkylation sites (N-methyl/N-ethyl adjacent to an activating group) is 1. The van der Waals surface area contributed by atoms with Crippen LogP contribution in [0.15, 0.2) is 42.6 Å². The number of urea groups is 1. The summed E-state index contributed by atoms with van der Waals surface area (Å²) in [6.07, 6.45) is 2.17. The van der Waals surface area contributed by atoms with Crippen LogP contribution in [0.2, 0.25) is 0 Å². The van der Waals surface area contributed by atoms with Crippen molar-refractivity contribution < 1.29 is 19.4 Å². The van der Waals surface area contributed by atoms with Gasteiger partial charge in [-0.15, -0.1) is 0 Å². The van der Waals surface area contributed by atoms with Gasteiger partial charge in [-0.1, -0.05) is 44.2 Å². The second-order valence-electron chi connectivity index (χ2n) is 8.68. The van der Waals surface area contributed by atoms with Crippen LogP contribution in [0.1, 0.15) is 37.6 Å². The maximum absolute atomic E-state index is 13.5. The maximum Gasteiger partial charge on any atom is 0.317 e. The molecule has 2 N–H and O–H groups in total. The lowest BCUT2D eigenvalue weighted by molar-refractivity contribution is 0.0352. The molecule has 2 heterocycles. The SMILES string of the molecule is CCCNC(=O)N(C)C[C@@H]1Oc2ncc(-c3ccccc3)cc2C(=O)N([C@H](C)CO)C[C@H]1C. The maximum atomic E-state index is 13.5. The number of hydrogen-bond donors (Lipinski definition) is 2. The Bertz CT molecular complexity index is 953. The zero-order valence-electron chi connectivity index (χ0n) is 19.8. The summed E-state index contributed by atoms with van der Waals surface area (Å²) in [5.41, 5.74) is 2.11. The minimum Gasteiger partial charge on any atom is -0.472 e. The molecule has 0 fully saturated rings. The number of rotatable bonds is 7. The molecule has 0 unspecified atom stereocenters. The fraction of sp³-hybridized carbons (Fsp3) is 0.480. The molecule has 1 aliphatic heterocycles. The largest absolute Gasteiger partial charge is 0.472 e. The number of aliphatic hydroxyl groups is 1. The number of carbonyl (C=O) groups excluding carboxylic acids is 2. The van der Waals surface area contributed by atoms with Crippen LogP contribution in [-0.4, -0.2) is 77.3 Å². The number of amides is 3. The third-order valence-corrected chi connectivity index (χ3v) is 5.95. The molecule has 0 spiro atoms.